The van der Waals surface area contributed by atoms with Gasteiger partial charge < -0.3 is 14.5 Å². The van der Waals surface area contributed by atoms with Gasteiger partial charge in [-0.05, 0) is 64.8 Å². The number of anilines is 1. The molecule has 0 bridgehead atoms. The number of aryl methyl sites for hydroxylation is 1. The van der Waals surface area contributed by atoms with Gasteiger partial charge in [0.15, 0.2) is 11.6 Å². The number of benzene rings is 2. The Hall–Kier alpha value is -3.34. The molecule has 35 heavy (non-hydrogen) atoms. The van der Waals surface area contributed by atoms with Crippen molar-refractivity contribution in [1.29, 1.82) is 0 Å². The summed E-state index contributed by atoms with van der Waals surface area (Å²) in [5.41, 5.74) is 1.32. The summed E-state index contributed by atoms with van der Waals surface area (Å²) in [4.78, 5) is 23.1. The second-order valence-electron chi connectivity index (χ2n) is 7.47. The molecule has 0 saturated carbocycles. The maximum atomic E-state index is 12.6. The number of aromatic nitrogens is 2. The Morgan fingerprint density at radius 1 is 1.23 bits per heavy atom. The molecular weight excluding hydrogens is 563 g/mol. The van der Waals surface area contributed by atoms with E-state index >= 15 is 0 Å². The first kappa shape index (κ1) is 24.8. The molecule has 0 spiro atoms. The molecule has 4 rings (SSSR count). The van der Waals surface area contributed by atoms with E-state index in [2.05, 4.69) is 26.3 Å². The van der Waals surface area contributed by atoms with E-state index in [1.165, 1.54) is 18.2 Å². The number of rotatable bonds is 8. The van der Waals surface area contributed by atoms with E-state index in [0.29, 0.717) is 44.0 Å². The number of nitro groups is 1. The number of nitrogens with zero attached hydrogens (tertiary/aromatic N) is 3. The van der Waals surface area contributed by atoms with Crippen molar-refractivity contribution in [1.82, 2.24) is 9.78 Å². The second kappa shape index (κ2) is 10.5. The molecule has 9 nitrogen and oxygen atoms in total. The van der Waals surface area contributed by atoms with E-state index in [9.17, 15) is 14.9 Å². The molecule has 2 heterocycles. The van der Waals surface area contributed by atoms with Gasteiger partial charge in [-0.3, -0.25) is 19.6 Å². The fourth-order valence-electron chi connectivity index (χ4n) is 3.21. The lowest BCUT2D eigenvalue weighted by Crippen LogP contribution is -2.12. The maximum absolute atomic E-state index is 12.6. The third-order valence-electron chi connectivity index (χ3n) is 4.93. The van der Waals surface area contributed by atoms with Crippen LogP contribution in [0.3, 0.4) is 0 Å². The van der Waals surface area contributed by atoms with Crippen molar-refractivity contribution < 1.29 is 18.9 Å². The van der Waals surface area contributed by atoms with Crippen LogP contribution in [-0.2, 0) is 13.2 Å². The van der Waals surface area contributed by atoms with Gasteiger partial charge in [0.05, 0.1) is 15.9 Å². The molecule has 0 fully saturated rings. The van der Waals surface area contributed by atoms with Crippen molar-refractivity contribution in [2.24, 2.45) is 0 Å². The molecule has 0 aliphatic carbocycles. The molecule has 180 valence electrons. The summed E-state index contributed by atoms with van der Waals surface area (Å²) < 4.78 is 13.4. The van der Waals surface area contributed by atoms with Crippen molar-refractivity contribution in [3.8, 4) is 5.75 Å². The number of hydrogen-bond acceptors (Lipinski definition) is 6. The highest BCUT2D eigenvalue weighted by Gasteiger charge is 2.17. The van der Waals surface area contributed by atoms with Gasteiger partial charge in [-0.25, -0.2) is 0 Å². The summed E-state index contributed by atoms with van der Waals surface area (Å²) >= 11 is 15.6. The summed E-state index contributed by atoms with van der Waals surface area (Å²) in [5.74, 6) is 0.762. The molecule has 2 aromatic carbocycles. The first-order valence-electron chi connectivity index (χ1n) is 10.1. The Balaban J connectivity index is 1.37. The van der Waals surface area contributed by atoms with Gasteiger partial charge in [0, 0.05) is 27.9 Å². The van der Waals surface area contributed by atoms with Crippen molar-refractivity contribution in [2.45, 2.75) is 20.1 Å². The predicted molar refractivity (Wildman–Crippen MR) is 134 cm³/mol. The summed E-state index contributed by atoms with van der Waals surface area (Å²) in [7, 11) is 0. The van der Waals surface area contributed by atoms with E-state index < -0.39 is 10.8 Å². The minimum atomic E-state index is -0.488. The smallest absolute Gasteiger partial charge is 0.292 e. The Bertz CT molecular complexity index is 1420. The van der Waals surface area contributed by atoms with Crippen LogP contribution in [0.15, 0.2) is 63.6 Å². The van der Waals surface area contributed by atoms with Crippen LogP contribution in [0.5, 0.6) is 5.75 Å². The van der Waals surface area contributed by atoms with Gasteiger partial charge in [0.1, 0.15) is 18.1 Å². The number of ether oxygens (including phenoxy) is 1. The normalized spacial score (nSPS) is 10.9. The van der Waals surface area contributed by atoms with E-state index in [-0.39, 0.29) is 18.1 Å². The summed E-state index contributed by atoms with van der Waals surface area (Å²) in [5, 5.41) is 19.1. The SMILES string of the molecule is Cc1cc(OCc2ccc(C(=O)Nc3nn(Cc4ccc(Cl)cc4Cl)cc3Br)o2)ccc1[N+](=O)[O-]. The standard InChI is InChI=1S/C23H17BrCl2N4O5/c1-13-8-16(4-6-20(13)30(32)33)34-12-17-5-7-21(35-17)23(31)27-22-18(24)11-29(28-22)10-14-2-3-15(25)9-19(14)26/h2-9,11H,10,12H2,1H3,(H,27,28,31). The van der Waals surface area contributed by atoms with Gasteiger partial charge in [-0.1, -0.05) is 29.3 Å². The first-order chi connectivity index (χ1) is 16.7. The van der Waals surface area contributed by atoms with Crippen LogP contribution in [0.4, 0.5) is 11.5 Å². The number of carbonyl (C=O) groups excluding carboxylic acids is 1. The van der Waals surface area contributed by atoms with Crippen molar-refractivity contribution >= 4 is 56.5 Å². The predicted octanol–water partition coefficient (Wildman–Crippen LogP) is 6.64. The first-order valence-corrected chi connectivity index (χ1v) is 11.7. The van der Waals surface area contributed by atoms with Crippen LogP contribution in [0.1, 0.15) is 27.4 Å². The minimum absolute atomic E-state index is 0.0131. The Morgan fingerprint density at radius 3 is 2.74 bits per heavy atom. The number of halogens is 3. The zero-order valence-electron chi connectivity index (χ0n) is 18.1. The third kappa shape index (κ3) is 6.02. The highest BCUT2D eigenvalue weighted by atomic mass is 79.9. The molecule has 0 aliphatic heterocycles. The van der Waals surface area contributed by atoms with Gasteiger partial charge in [-0.15, -0.1) is 0 Å². The Labute approximate surface area is 217 Å². The Morgan fingerprint density at radius 2 is 2.03 bits per heavy atom. The molecule has 1 N–H and O–H groups in total. The van der Waals surface area contributed by atoms with Crippen LogP contribution >= 0.6 is 39.1 Å². The van der Waals surface area contributed by atoms with Crippen LogP contribution in [-0.4, -0.2) is 20.6 Å². The van der Waals surface area contributed by atoms with Crippen molar-refractivity contribution in [3.63, 3.8) is 0 Å². The van der Waals surface area contributed by atoms with E-state index in [1.54, 1.807) is 42.1 Å². The molecule has 4 aromatic rings. The number of furan rings is 1. The quantitative estimate of drug-likeness (QED) is 0.185. The molecule has 0 aliphatic rings. The lowest BCUT2D eigenvalue weighted by molar-refractivity contribution is -0.385. The van der Waals surface area contributed by atoms with Gasteiger partial charge >= 0.3 is 0 Å². The number of hydrogen-bond donors (Lipinski definition) is 1. The van der Waals surface area contributed by atoms with Gasteiger partial charge in [0.2, 0.25) is 0 Å². The van der Waals surface area contributed by atoms with Crippen molar-refractivity contribution in [2.75, 3.05) is 5.32 Å². The molecule has 0 atom stereocenters. The minimum Gasteiger partial charge on any atom is -0.486 e. The average molecular weight is 580 g/mol. The third-order valence-corrected chi connectivity index (χ3v) is 6.10. The van der Waals surface area contributed by atoms with Crippen LogP contribution in [0.2, 0.25) is 10.0 Å². The van der Waals surface area contributed by atoms with Gasteiger partial charge in [0.25, 0.3) is 11.6 Å². The molecule has 12 heteroatoms. The second-order valence-corrected chi connectivity index (χ2v) is 9.17. The van der Waals surface area contributed by atoms with Crippen LogP contribution in [0.25, 0.3) is 0 Å². The van der Waals surface area contributed by atoms with Crippen molar-refractivity contribution in [3.05, 3.63) is 102 Å². The summed E-state index contributed by atoms with van der Waals surface area (Å²) in [6, 6.07) is 12.8. The largest absolute Gasteiger partial charge is 0.486 e. The Kier molecular flexibility index (Phi) is 7.44. The van der Waals surface area contributed by atoms with E-state index in [1.807, 2.05) is 6.07 Å². The number of amides is 1. The highest BCUT2D eigenvalue weighted by Crippen LogP contribution is 2.26. The summed E-state index contributed by atoms with van der Waals surface area (Å²) in [6.07, 6.45) is 1.72. The summed E-state index contributed by atoms with van der Waals surface area (Å²) in [6.45, 7) is 2.06. The lowest BCUT2D eigenvalue weighted by atomic mass is 10.2. The van der Waals surface area contributed by atoms with Gasteiger partial charge in [-0.2, -0.15) is 5.10 Å². The number of nitro benzene ring substituents is 1. The average Bonchev–Trinajstić information content (AvgIpc) is 3.41. The highest BCUT2D eigenvalue weighted by molar-refractivity contribution is 9.10. The zero-order chi connectivity index (χ0) is 25.1. The molecular formula is C23H17BrCl2N4O5. The lowest BCUT2D eigenvalue weighted by Gasteiger charge is -2.06. The maximum Gasteiger partial charge on any atom is 0.292 e. The van der Waals surface area contributed by atoms with E-state index in [0.717, 1.165) is 5.56 Å². The molecule has 1 amide bonds. The van der Waals surface area contributed by atoms with E-state index in [4.69, 9.17) is 32.4 Å². The van der Waals surface area contributed by atoms with Crippen LogP contribution < -0.4 is 10.1 Å². The zero-order valence-corrected chi connectivity index (χ0v) is 21.2. The fourth-order valence-corrected chi connectivity index (χ4v) is 4.09. The van der Waals surface area contributed by atoms with Crippen LogP contribution in [0, 0.1) is 17.0 Å². The number of nitrogens with one attached hydrogen (secondary N) is 1. The molecule has 0 unspecified atom stereocenters. The number of carbonyl (C=O) groups is 1. The molecule has 2 aromatic heterocycles. The fraction of sp³-hybridized carbons (Fsp3) is 0.130. The monoisotopic (exact) mass is 578 g/mol. The molecule has 0 radical (unpaired) electrons. The topological polar surface area (TPSA) is 112 Å². The molecule has 0 saturated heterocycles.